The van der Waals surface area contributed by atoms with Gasteiger partial charge in [-0.2, -0.15) is 0 Å². The number of halogens is 1. The highest BCUT2D eigenvalue weighted by Gasteiger charge is 2.19. The first-order chi connectivity index (χ1) is 15.2. The average molecular weight is 488 g/mol. The van der Waals surface area contributed by atoms with Gasteiger partial charge in [-0.3, -0.25) is 14.8 Å². The second-order valence-corrected chi connectivity index (χ2v) is 10.9. The summed E-state index contributed by atoms with van der Waals surface area (Å²) >= 11 is 2.97. The number of amides is 1. The number of aromatic nitrogens is 1. The third kappa shape index (κ3) is 4.72. The highest BCUT2D eigenvalue weighted by Crippen LogP contribution is 2.32. The van der Waals surface area contributed by atoms with Gasteiger partial charge in [-0.05, 0) is 50.2 Å². The maximum Gasteiger partial charge on any atom is 0.262 e. The number of benzene rings is 2. The Hall–Kier alpha value is -3.08. The summed E-state index contributed by atoms with van der Waals surface area (Å²) in [6.45, 7) is 4.05. The van der Waals surface area contributed by atoms with Gasteiger partial charge in [0.1, 0.15) is 5.82 Å². The number of carbonyl (C=O) groups is 1. The molecule has 0 spiro atoms. The predicted molar refractivity (Wildman–Crippen MR) is 127 cm³/mol. The molecule has 164 valence electrons. The number of thiazole rings is 1. The number of aryl methyl sites for hydroxylation is 2. The molecule has 0 aliphatic heterocycles. The first-order valence-corrected chi connectivity index (χ1v) is 12.6. The minimum Gasteiger partial charge on any atom is -0.298 e. The number of nitrogens with one attached hydrogen (secondary N) is 2. The van der Waals surface area contributed by atoms with E-state index in [0.29, 0.717) is 5.13 Å². The number of carbonyl (C=O) groups excluding carboxylic acids is 1. The van der Waals surface area contributed by atoms with Crippen molar-refractivity contribution in [3.63, 3.8) is 0 Å². The highest BCUT2D eigenvalue weighted by atomic mass is 32.2. The largest absolute Gasteiger partial charge is 0.298 e. The molecule has 2 aromatic carbocycles. The number of thiophene rings is 1. The summed E-state index contributed by atoms with van der Waals surface area (Å²) in [7, 11) is -4.08. The average Bonchev–Trinajstić information content (AvgIpc) is 3.35. The third-order valence-electron chi connectivity index (χ3n) is 4.57. The Morgan fingerprint density at radius 3 is 2.56 bits per heavy atom. The topological polar surface area (TPSA) is 88.2 Å². The van der Waals surface area contributed by atoms with E-state index in [9.17, 15) is 17.6 Å². The van der Waals surface area contributed by atoms with Crippen molar-refractivity contribution >= 4 is 49.4 Å². The van der Waals surface area contributed by atoms with E-state index < -0.39 is 21.7 Å². The fraction of sp³-hybridized carbons (Fsp3) is 0.0909. The normalized spacial score (nSPS) is 11.3. The molecule has 0 aliphatic carbocycles. The van der Waals surface area contributed by atoms with Gasteiger partial charge in [0, 0.05) is 26.3 Å². The van der Waals surface area contributed by atoms with Gasteiger partial charge in [-0.15, -0.1) is 22.7 Å². The lowest BCUT2D eigenvalue weighted by atomic mass is 10.2. The van der Waals surface area contributed by atoms with Crippen molar-refractivity contribution in [3.05, 3.63) is 81.1 Å². The predicted octanol–water partition coefficient (Wildman–Crippen LogP) is 5.68. The number of anilines is 2. The Kier molecular flexibility index (Phi) is 6.09. The molecule has 0 fully saturated rings. The summed E-state index contributed by atoms with van der Waals surface area (Å²) in [5.41, 5.74) is 1.77. The van der Waals surface area contributed by atoms with Crippen molar-refractivity contribution in [1.29, 1.82) is 0 Å². The molecule has 0 saturated carbocycles. The fourth-order valence-corrected chi connectivity index (χ4v) is 5.81. The number of para-hydroxylation sites is 1. The minimum atomic E-state index is -4.08. The van der Waals surface area contributed by atoms with E-state index in [1.165, 1.54) is 58.7 Å². The second-order valence-electron chi connectivity index (χ2n) is 6.93. The van der Waals surface area contributed by atoms with Crippen LogP contribution in [0.5, 0.6) is 0 Å². The van der Waals surface area contributed by atoms with Crippen LogP contribution in [0.3, 0.4) is 0 Å². The summed E-state index contributed by atoms with van der Waals surface area (Å²) in [5, 5.41) is 4.98. The van der Waals surface area contributed by atoms with Crippen molar-refractivity contribution < 1.29 is 17.6 Å². The lowest BCUT2D eigenvalue weighted by Gasteiger charge is -2.10. The number of rotatable bonds is 6. The van der Waals surface area contributed by atoms with E-state index in [-0.39, 0.29) is 16.1 Å². The molecule has 2 N–H and O–H groups in total. The summed E-state index contributed by atoms with van der Waals surface area (Å²) in [6.07, 6.45) is 0. The fourth-order valence-electron chi connectivity index (χ4n) is 3.06. The van der Waals surface area contributed by atoms with Crippen LogP contribution >= 0.6 is 22.7 Å². The van der Waals surface area contributed by atoms with Gasteiger partial charge in [0.25, 0.3) is 15.9 Å². The molecule has 2 heterocycles. The molecule has 0 aliphatic rings. The van der Waals surface area contributed by atoms with Gasteiger partial charge < -0.3 is 0 Å². The van der Waals surface area contributed by atoms with E-state index in [2.05, 4.69) is 21.1 Å². The lowest BCUT2D eigenvalue weighted by Crippen LogP contribution is -2.16. The quantitative estimate of drug-likeness (QED) is 0.366. The zero-order valence-corrected chi connectivity index (χ0v) is 19.5. The molecular weight excluding hydrogens is 469 g/mol. The molecule has 4 aromatic rings. The lowest BCUT2D eigenvalue weighted by molar-refractivity contribution is 0.102. The van der Waals surface area contributed by atoms with E-state index >= 15 is 0 Å². The highest BCUT2D eigenvalue weighted by molar-refractivity contribution is 7.92. The molecule has 1 amide bonds. The number of hydrogen-bond donors (Lipinski definition) is 2. The zero-order chi connectivity index (χ0) is 22.9. The number of nitrogens with zero attached hydrogens (tertiary/aromatic N) is 1. The van der Waals surface area contributed by atoms with Crippen LogP contribution in [0.4, 0.5) is 15.2 Å². The van der Waals surface area contributed by atoms with Gasteiger partial charge in [0.05, 0.1) is 16.3 Å². The maximum absolute atomic E-state index is 13.8. The summed E-state index contributed by atoms with van der Waals surface area (Å²) in [5.74, 6) is -1.19. The molecule has 0 radical (unpaired) electrons. The van der Waals surface area contributed by atoms with Crippen molar-refractivity contribution in [1.82, 2.24) is 4.98 Å². The van der Waals surface area contributed by atoms with E-state index in [1.54, 1.807) is 11.3 Å². The molecule has 0 saturated heterocycles. The van der Waals surface area contributed by atoms with Gasteiger partial charge in [-0.25, -0.2) is 17.8 Å². The Morgan fingerprint density at radius 1 is 1.06 bits per heavy atom. The van der Waals surface area contributed by atoms with Crippen molar-refractivity contribution in [2.75, 3.05) is 10.0 Å². The summed E-state index contributed by atoms with van der Waals surface area (Å²) in [4.78, 5) is 19.4. The monoisotopic (exact) mass is 487 g/mol. The van der Waals surface area contributed by atoms with Crippen LogP contribution in [0, 0.1) is 19.7 Å². The Balaban J connectivity index is 1.53. The Labute approximate surface area is 192 Å². The summed E-state index contributed by atoms with van der Waals surface area (Å²) < 4.78 is 41.4. The number of sulfonamides is 1. The van der Waals surface area contributed by atoms with Crippen LogP contribution in [0.15, 0.2) is 64.9 Å². The molecule has 6 nitrogen and oxygen atoms in total. The second kappa shape index (κ2) is 8.81. The SMILES string of the molecule is Cc1cc(-c2csc(NC(=O)c3cccc(S(=O)(=O)Nc4ccccc4F)c3)n2)c(C)s1. The number of hydrogen-bond acceptors (Lipinski definition) is 6. The van der Waals surface area contributed by atoms with Crippen molar-refractivity contribution in [3.8, 4) is 11.3 Å². The molecule has 0 unspecified atom stereocenters. The molecule has 10 heteroatoms. The first kappa shape index (κ1) is 22.1. The van der Waals surface area contributed by atoms with E-state index in [0.717, 1.165) is 22.2 Å². The van der Waals surface area contributed by atoms with Crippen LogP contribution in [0.2, 0.25) is 0 Å². The zero-order valence-electron chi connectivity index (χ0n) is 17.0. The van der Waals surface area contributed by atoms with Crippen LogP contribution in [0.25, 0.3) is 11.3 Å². The maximum atomic E-state index is 13.8. The molecular formula is C22H18FN3O3S3. The van der Waals surface area contributed by atoms with Crippen molar-refractivity contribution in [2.45, 2.75) is 18.7 Å². The molecule has 4 rings (SSSR count). The molecule has 2 aromatic heterocycles. The molecule has 0 atom stereocenters. The van der Waals surface area contributed by atoms with E-state index in [4.69, 9.17) is 0 Å². The minimum absolute atomic E-state index is 0.140. The van der Waals surface area contributed by atoms with Crippen LogP contribution in [-0.2, 0) is 10.0 Å². The van der Waals surface area contributed by atoms with Crippen LogP contribution < -0.4 is 10.0 Å². The van der Waals surface area contributed by atoms with Gasteiger partial charge >= 0.3 is 0 Å². The Morgan fingerprint density at radius 2 is 1.84 bits per heavy atom. The van der Waals surface area contributed by atoms with Crippen LogP contribution in [0.1, 0.15) is 20.1 Å². The van der Waals surface area contributed by atoms with Crippen LogP contribution in [-0.4, -0.2) is 19.3 Å². The van der Waals surface area contributed by atoms with Crippen molar-refractivity contribution in [2.24, 2.45) is 0 Å². The van der Waals surface area contributed by atoms with Gasteiger partial charge in [0.15, 0.2) is 5.13 Å². The Bertz CT molecular complexity index is 1410. The van der Waals surface area contributed by atoms with E-state index in [1.807, 2.05) is 19.2 Å². The third-order valence-corrected chi connectivity index (χ3v) is 7.65. The molecule has 0 bridgehead atoms. The van der Waals surface area contributed by atoms with Gasteiger partial charge in [0.2, 0.25) is 0 Å². The van der Waals surface area contributed by atoms with Gasteiger partial charge in [-0.1, -0.05) is 18.2 Å². The first-order valence-electron chi connectivity index (χ1n) is 9.44. The smallest absolute Gasteiger partial charge is 0.262 e. The standard InChI is InChI=1S/C22H18FN3O3S3/c1-13-10-17(14(2)31-13)20-12-30-22(24-20)25-21(27)15-6-5-7-16(11-15)32(28,29)26-19-9-4-3-8-18(19)23/h3-12,26H,1-2H3,(H,24,25,27). The molecule has 32 heavy (non-hydrogen) atoms. The summed E-state index contributed by atoms with van der Waals surface area (Å²) in [6, 6.07) is 13.0.